The summed E-state index contributed by atoms with van der Waals surface area (Å²) in [7, 11) is 6.12. The van der Waals surface area contributed by atoms with E-state index in [0.717, 1.165) is 10.8 Å². The fourth-order valence-corrected chi connectivity index (χ4v) is 4.32. The zero-order chi connectivity index (χ0) is 26.8. The van der Waals surface area contributed by atoms with Crippen LogP contribution in [-0.4, -0.2) is 50.0 Å². The summed E-state index contributed by atoms with van der Waals surface area (Å²) in [6.07, 6.45) is 0. The molecule has 8 nitrogen and oxygen atoms in total. The minimum absolute atomic E-state index is 0.234. The highest BCUT2D eigenvalue weighted by atomic mass is 16.5. The van der Waals surface area contributed by atoms with Crippen LogP contribution in [0.5, 0.6) is 23.0 Å². The van der Waals surface area contributed by atoms with E-state index in [4.69, 9.17) is 18.9 Å². The molecule has 2 heterocycles. The maximum Gasteiger partial charge on any atom is 0.211 e. The van der Waals surface area contributed by atoms with Gasteiger partial charge in [0.25, 0.3) is 0 Å². The lowest BCUT2D eigenvalue weighted by Crippen LogP contribution is -2.06. The molecule has 0 aliphatic carbocycles. The van der Waals surface area contributed by atoms with Crippen LogP contribution in [0.1, 0.15) is 32.1 Å². The molecule has 0 saturated heterocycles. The molecule has 0 N–H and O–H groups in total. The lowest BCUT2D eigenvalue weighted by atomic mass is 10.0. The summed E-state index contributed by atoms with van der Waals surface area (Å²) in [5.74, 6) is 1.55. The SMILES string of the molecule is COc1ccc(C(=O)c2ccc3c(ccc4nc(C(=O)c5ccc(OC)c(OC)c5)ccc43)n2)cc1OC. The number of benzene rings is 3. The number of carbonyl (C=O) groups excluding carboxylic acids is 2. The summed E-state index contributed by atoms with van der Waals surface area (Å²) >= 11 is 0. The first-order chi connectivity index (χ1) is 18.5. The standard InChI is InChI=1S/C30H24N2O6/c1-35-25-13-5-17(15-27(25)37-3)29(33)23-9-7-19-20-8-10-24(32-22(20)12-11-21(19)31-23)30(34)18-6-14-26(36-2)28(16-18)38-4/h5-16H,1-4H3. The number of ketones is 2. The molecule has 0 aliphatic heterocycles. The predicted molar refractivity (Wildman–Crippen MR) is 143 cm³/mol. The summed E-state index contributed by atoms with van der Waals surface area (Å²) in [4.78, 5) is 35.5. The van der Waals surface area contributed by atoms with Gasteiger partial charge in [0.05, 0.1) is 39.5 Å². The molecule has 0 spiro atoms. The predicted octanol–water partition coefficient (Wildman–Crippen LogP) is 5.28. The highest BCUT2D eigenvalue weighted by molar-refractivity contribution is 6.13. The molecule has 5 aromatic rings. The van der Waals surface area contributed by atoms with Gasteiger partial charge in [-0.25, -0.2) is 9.97 Å². The Morgan fingerprint density at radius 1 is 0.500 bits per heavy atom. The van der Waals surface area contributed by atoms with Crippen molar-refractivity contribution in [2.45, 2.75) is 0 Å². The van der Waals surface area contributed by atoms with Gasteiger partial charge in [0, 0.05) is 21.9 Å². The first-order valence-electron chi connectivity index (χ1n) is 11.7. The molecule has 5 rings (SSSR count). The summed E-state index contributed by atoms with van der Waals surface area (Å²) in [5, 5.41) is 1.65. The third kappa shape index (κ3) is 4.37. The number of methoxy groups -OCH3 is 4. The number of ether oxygens (including phenoxy) is 4. The molecular weight excluding hydrogens is 484 g/mol. The Bertz CT molecular complexity index is 1590. The summed E-state index contributed by atoms with van der Waals surface area (Å²) in [6.45, 7) is 0. The van der Waals surface area contributed by atoms with E-state index in [1.807, 2.05) is 12.1 Å². The van der Waals surface area contributed by atoms with E-state index in [-0.39, 0.29) is 11.6 Å². The second kappa shape index (κ2) is 10.2. The maximum atomic E-state index is 13.1. The average molecular weight is 509 g/mol. The van der Waals surface area contributed by atoms with Gasteiger partial charge < -0.3 is 18.9 Å². The van der Waals surface area contributed by atoms with Crippen molar-refractivity contribution in [2.24, 2.45) is 0 Å². The Labute approximate surface area is 218 Å². The van der Waals surface area contributed by atoms with Crippen LogP contribution in [-0.2, 0) is 0 Å². The van der Waals surface area contributed by atoms with Crippen molar-refractivity contribution in [1.82, 2.24) is 9.97 Å². The normalized spacial score (nSPS) is 10.8. The molecule has 2 aromatic heterocycles. The van der Waals surface area contributed by atoms with Crippen LogP contribution in [0, 0.1) is 0 Å². The van der Waals surface area contributed by atoms with Gasteiger partial charge in [0.2, 0.25) is 11.6 Å². The number of rotatable bonds is 8. The van der Waals surface area contributed by atoms with Crippen molar-refractivity contribution in [1.29, 1.82) is 0 Å². The van der Waals surface area contributed by atoms with Crippen molar-refractivity contribution in [3.05, 3.63) is 95.3 Å². The van der Waals surface area contributed by atoms with Crippen LogP contribution in [0.4, 0.5) is 0 Å². The van der Waals surface area contributed by atoms with Crippen molar-refractivity contribution in [3.63, 3.8) is 0 Å². The smallest absolute Gasteiger partial charge is 0.211 e. The number of pyridine rings is 2. The third-order valence-corrected chi connectivity index (χ3v) is 6.30. The second-order valence-electron chi connectivity index (χ2n) is 8.39. The molecular formula is C30H24N2O6. The molecule has 0 unspecified atom stereocenters. The van der Waals surface area contributed by atoms with E-state index in [1.165, 1.54) is 14.2 Å². The molecule has 0 aliphatic rings. The minimum Gasteiger partial charge on any atom is -0.493 e. The summed E-state index contributed by atoms with van der Waals surface area (Å²) in [5.41, 5.74) is 2.77. The second-order valence-corrected chi connectivity index (χ2v) is 8.39. The topological polar surface area (TPSA) is 96.8 Å². The van der Waals surface area contributed by atoms with E-state index in [1.54, 1.807) is 74.9 Å². The van der Waals surface area contributed by atoms with Gasteiger partial charge in [-0.15, -0.1) is 0 Å². The monoisotopic (exact) mass is 508 g/mol. The maximum absolute atomic E-state index is 13.1. The van der Waals surface area contributed by atoms with Crippen LogP contribution >= 0.6 is 0 Å². The van der Waals surface area contributed by atoms with Crippen molar-refractivity contribution >= 4 is 33.4 Å². The summed E-state index contributed by atoms with van der Waals surface area (Å²) in [6, 6.07) is 20.6. The molecule has 3 aromatic carbocycles. The van der Waals surface area contributed by atoms with Crippen LogP contribution in [0.3, 0.4) is 0 Å². The number of hydrogen-bond donors (Lipinski definition) is 0. The Balaban J connectivity index is 1.48. The number of aromatic nitrogens is 2. The zero-order valence-electron chi connectivity index (χ0n) is 21.3. The van der Waals surface area contributed by atoms with Crippen molar-refractivity contribution in [3.8, 4) is 23.0 Å². The Morgan fingerprint density at radius 3 is 1.26 bits per heavy atom. The number of carbonyl (C=O) groups is 2. The fourth-order valence-electron chi connectivity index (χ4n) is 4.32. The number of fused-ring (bicyclic) bond motifs is 3. The molecule has 0 atom stereocenters. The molecule has 190 valence electrons. The van der Waals surface area contributed by atoms with Gasteiger partial charge in [0.1, 0.15) is 11.4 Å². The molecule has 0 saturated carbocycles. The molecule has 0 amide bonds. The van der Waals surface area contributed by atoms with Gasteiger partial charge in [-0.05, 0) is 72.8 Å². The first-order valence-corrected chi connectivity index (χ1v) is 11.7. The molecule has 8 heteroatoms. The van der Waals surface area contributed by atoms with Crippen molar-refractivity contribution < 1.29 is 28.5 Å². The number of nitrogens with zero attached hydrogens (tertiary/aromatic N) is 2. The minimum atomic E-state index is -0.234. The molecule has 38 heavy (non-hydrogen) atoms. The largest absolute Gasteiger partial charge is 0.493 e. The highest BCUT2D eigenvalue weighted by Gasteiger charge is 2.17. The molecule has 0 radical (unpaired) electrons. The Kier molecular flexibility index (Phi) is 6.62. The van der Waals surface area contributed by atoms with Gasteiger partial charge in [-0.2, -0.15) is 0 Å². The molecule has 0 bridgehead atoms. The van der Waals surface area contributed by atoms with Crippen LogP contribution < -0.4 is 18.9 Å². The third-order valence-electron chi connectivity index (χ3n) is 6.30. The van der Waals surface area contributed by atoms with E-state index in [9.17, 15) is 9.59 Å². The van der Waals surface area contributed by atoms with Gasteiger partial charge in [-0.3, -0.25) is 9.59 Å². The lowest BCUT2D eigenvalue weighted by Gasteiger charge is -2.10. The van der Waals surface area contributed by atoms with E-state index in [0.29, 0.717) is 56.5 Å². The van der Waals surface area contributed by atoms with Crippen LogP contribution in [0.2, 0.25) is 0 Å². The molecule has 0 fully saturated rings. The van der Waals surface area contributed by atoms with Gasteiger partial charge in [-0.1, -0.05) is 0 Å². The lowest BCUT2D eigenvalue weighted by molar-refractivity contribution is 0.102. The van der Waals surface area contributed by atoms with Gasteiger partial charge >= 0.3 is 0 Å². The average Bonchev–Trinajstić information content (AvgIpc) is 2.98. The van der Waals surface area contributed by atoms with E-state index < -0.39 is 0 Å². The van der Waals surface area contributed by atoms with E-state index in [2.05, 4.69) is 9.97 Å². The quantitative estimate of drug-likeness (QED) is 0.206. The zero-order valence-corrected chi connectivity index (χ0v) is 21.3. The Morgan fingerprint density at radius 2 is 0.895 bits per heavy atom. The number of hydrogen-bond acceptors (Lipinski definition) is 8. The first kappa shape index (κ1) is 24.7. The van der Waals surface area contributed by atoms with Crippen LogP contribution in [0.25, 0.3) is 21.8 Å². The van der Waals surface area contributed by atoms with Crippen molar-refractivity contribution in [2.75, 3.05) is 28.4 Å². The van der Waals surface area contributed by atoms with Crippen LogP contribution in [0.15, 0.2) is 72.8 Å². The fraction of sp³-hybridized carbons (Fsp3) is 0.133. The van der Waals surface area contributed by atoms with E-state index >= 15 is 0 Å². The summed E-state index contributed by atoms with van der Waals surface area (Å²) < 4.78 is 21.1. The highest BCUT2D eigenvalue weighted by Crippen LogP contribution is 2.31. The van der Waals surface area contributed by atoms with Gasteiger partial charge in [0.15, 0.2) is 23.0 Å². The Hall–Kier alpha value is -4.98.